The van der Waals surface area contributed by atoms with Crippen LogP contribution in [0.2, 0.25) is 10.0 Å². The lowest BCUT2D eigenvalue weighted by molar-refractivity contribution is -0.120. The lowest BCUT2D eigenvalue weighted by Gasteiger charge is -2.20. The van der Waals surface area contributed by atoms with E-state index in [9.17, 15) is 14.4 Å². The van der Waals surface area contributed by atoms with Crippen LogP contribution in [-0.2, 0) is 11.3 Å². The summed E-state index contributed by atoms with van der Waals surface area (Å²) in [6.07, 6.45) is 1.20. The molecule has 1 aromatic carbocycles. The fraction of sp³-hybridized carbons (Fsp3) is 0.333. The van der Waals surface area contributed by atoms with E-state index in [1.54, 1.807) is 20.8 Å². The van der Waals surface area contributed by atoms with E-state index in [1.165, 1.54) is 18.5 Å². The Hall–Kier alpha value is -2.12. The van der Waals surface area contributed by atoms with Gasteiger partial charge < -0.3 is 5.32 Å². The number of nitrogens with zero attached hydrogens (tertiary/aromatic N) is 2. The van der Waals surface area contributed by atoms with E-state index in [-0.39, 0.29) is 22.0 Å². The fourth-order valence-corrected chi connectivity index (χ4v) is 2.54. The number of nitrogens with one attached hydrogen (secondary N) is 2. The van der Waals surface area contributed by atoms with Gasteiger partial charge in [0.15, 0.2) is 0 Å². The number of aromatic nitrogens is 2. The Kier molecular flexibility index (Phi) is 5.15. The second-order valence-electron chi connectivity index (χ2n) is 6.21. The third kappa shape index (κ3) is 4.46. The molecule has 24 heavy (non-hydrogen) atoms. The van der Waals surface area contributed by atoms with Gasteiger partial charge in [-0.25, -0.2) is 9.78 Å². The summed E-state index contributed by atoms with van der Waals surface area (Å²) in [6, 6.07) is 2.27. The Balaban J connectivity index is 2.21. The smallest absolute Gasteiger partial charge is 0.321 e. The average Bonchev–Trinajstić information content (AvgIpc) is 2.40. The maximum Gasteiger partial charge on any atom is 0.321 e. The third-order valence-electron chi connectivity index (χ3n) is 2.90. The highest BCUT2D eigenvalue weighted by atomic mass is 35.5. The van der Waals surface area contributed by atoms with Crippen LogP contribution in [-0.4, -0.2) is 27.0 Å². The van der Waals surface area contributed by atoms with E-state index < -0.39 is 23.0 Å². The number of urea groups is 1. The molecule has 128 valence electrons. The van der Waals surface area contributed by atoms with Crippen molar-refractivity contribution in [1.82, 2.24) is 20.2 Å². The van der Waals surface area contributed by atoms with Crippen LogP contribution >= 0.6 is 23.2 Å². The van der Waals surface area contributed by atoms with Gasteiger partial charge in [-0.15, -0.1) is 0 Å². The van der Waals surface area contributed by atoms with Crippen molar-refractivity contribution in [3.63, 3.8) is 0 Å². The second-order valence-corrected chi connectivity index (χ2v) is 7.06. The second kappa shape index (κ2) is 6.78. The first-order chi connectivity index (χ1) is 11.1. The van der Waals surface area contributed by atoms with Crippen molar-refractivity contribution in [2.24, 2.45) is 0 Å². The predicted octanol–water partition coefficient (Wildman–Crippen LogP) is 2.33. The van der Waals surface area contributed by atoms with Crippen LogP contribution < -0.4 is 16.2 Å². The van der Waals surface area contributed by atoms with Crippen LogP contribution in [0.4, 0.5) is 4.79 Å². The molecule has 0 fully saturated rings. The van der Waals surface area contributed by atoms with Gasteiger partial charge in [-0.2, -0.15) is 0 Å². The first-order valence-corrected chi connectivity index (χ1v) is 7.78. The van der Waals surface area contributed by atoms with E-state index in [0.29, 0.717) is 5.52 Å². The van der Waals surface area contributed by atoms with Crippen LogP contribution in [0.15, 0.2) is 23.3 Å². The third-order valence-corrected chi connectivity index (χ3v) is 3.41. The molecule has 0 saturated carbocycles. The average molecular weight is 371 g/mol. The SMILES string of the molecule is CC(C)(C)NC(=O)NC(=O)Cn1cnc2c(Cl)cc(Cl)cc2c1=O. The molecular weight excluding hydrogens is 355 g/mol. The maximum absolute atomic E-state index is 12.4. The Morgan fingerprint density at radius 3 is 2.54 bits per heavy atom. The molecule has 2 N–H and O–H groups in total. The van der Waals surface area contributed by atoms with Gasteiger partial charge in [-0.05, 0) is 32.9 Å². The molecule has 9 heteroatoms. The fourth-order valence-electron chi connectivity index (χ4n) is 2.00. The highest BCUT2D eigenvalue weighted by molar-refractivity contribution is 6.38. The molecule has 0 radical (unpaired) electrons. The largest absolute Gasteiger partial charge is 0.333 e. The van der Waals surface area contributed by atoms with Crippen molar-refractivity contribution in [2.75, 3.05) is 0 Å². The number of carbonyl (C=O) groups excluding carboxylic acids is 2. The van der Waals surface area contributed by atoms with Crippen molar-refractivity contribution in [2.45, 2.75) is 32.9 Å². The van der Waals surface area contributed by atoms with E-state index in [2.05, 4.69) is 15.6 Å². The standard InChI is InChI=1S/C15H16Cl2N4O3/c1-15(2,3)20-14(24)19-11(22)6-21-7-18-12-9(13(21)23)4-8(16)5-10(12)17/h4-5,7H,6H2,1-3H3,(H2,19,20,22,24). The Morgan fingerprint density at radius 1 is 1.25 bits per heavy atom. The van der Waals surface area contributed by atoms with Gasteiger partial charge in [0.05, 0.1) is 22.3 Å². The van der Waals surface area contributed by atoms with E-state index in [1.807, 2.05) is 0 Å². The summed E-state index contributed by atoms with van der Waals surface area (Å²) >= 11 is 11.9. The van der Waals surface area contributed by atoms with Crippen molar-refractivity contribution in [3.05, 3.63) is 38.9 Å². The van der Waals surface area contributed by atoms with Gasteiger partial charge in [0.25, 0.3) is 5.56 Å². The number of hydrogen-bond donors (Lipinski definition) is 2. The number of carbonyl (C=O) groups is 2. The molecule has 0 bridgehead atoms. The summed E-state index contributed by atoms with van der Waals surface area (Å²) in [5, 5.41) is 5.47. The quantitative estimate of drug-likeness (QED) is 0.848. The number of imide groups is 1. The summed E-state index contributed by atoms with van der Waals surface area (Å²) in [4.78, 5) is 40.1. The predicted molar refractivity (Wildman–Crippen MR) is 92.5 cm³/mol. The lowest BCUT2D eigenvalue weighted by Crippen LogP contribution is -2.49. The number of halogens is 2. The summed E-state index contributed by atoms with van der Waals surface area (Å²) < 4.78 is 1.08. The zero-order chi connectivity index (χ0) is 18.1. The van der Waals surface area contributed by atoms with Crippen molar-refractivity contribution in [1.29, 1.82) is 0 Å². The van der Waals surface area contributed by atoms with E-state index in [0.717, 1.165) is 4.57 Å². The Morgan fingerprint density at radius 2 is 1.92 bits per heavy atom. The molecular formula is C15H16Cl2N4O3. The summed E-state index contributed by atoms with van der Waals surface area (Å²) in [7, 11) is 0. The molecule has 1 aromatic heterocycles. The zero-order valence-corrected chi connectivity index (χ0v) is 14.8. The number of amides is 3. The Labute approximate surface area is 148 Å². The Bertz CT molecular complexity index is 871. The van der Waals surface area contributed by atoms with Gasteiger partial charge in [-0.1, -0.05) is 23.2 Å². The number of benzene rings is 1. The van der Waals surface area contributed by atoms with Gasteiger partial charge in [0.2, 0.25) is 5.91 Å². The van der Waals surface area contributed by atoms with Crippen LogP contribution in [0.25, 0.3) is 10.9 Å². The van der Waals surface area contributed by atoms with Crippen LogP contribution in [0.5, 0.6) is 0 Å². The van der Waals surface area contributed by atoms with Gasteiger partial charge >= 0.3 is 6.03 Å². The minimum absolute atomic E-state index is 0.196. The molecule has 0 atom stereocenters. The summed E-state index contributed by atoms with van der Waals surface area (Å²) in [5.41, 5.74) is -0.664. The van der Waals surface area contributed by atoms with Gasteiger partial charge in [0.1, 0.15) is 6.54 Å². The molecule has 3 amide bonds. The molecule has 0 unspecified atom stereocenters. The number of fused-ring (bicyclic) bond motifs is 1. The topological polar surface area (TPSA) is 93.1 Å². The van der Waals surface area contributed by atoms with E-state index >= 15 is 0 Å². The molecule has 0 aliphatic carbocycles. The molecule has 1 heterocycles. The summed E-state index contributed by atoms with van der Waals surface area (Å²) in [5.74, 6) is -0.645. The van der Waals surface area contributed by atoms with Crippen molar-refractivity contribution >= 4 is 46.0 Å². The summed E-state index contributed by atoms with van der Waals surface area (Å²) in [6.45, 7) is 4.98. The molecule has 2 rings (SSSR count). The number of rotatable bonds is 2. The minimum atomic E-state index is -0.645. The lowest BCUT2D eigenvalue weighted by atomic mass is 10.1. The number of hydrogen-bond acceptors (Lipinski definition) is 4. The highest BCUT2D eigenvalue weighted by Crippen LogP contribution is 2.23. The van der Waals surface area contributed by atoms with E-state index in [4.69, 9.17) is 23.2 Å². The van der Waals surface area contributed by atoms with Crippen LogP contribution in [0.1, 0.15) is 20.8 Å². The first-order valence-electron chi connectivity index (χ1n) is 7.03. The maximum atomic E-state index is 12.4. The molecule has 7 nitrogen and oxygen atoms in total. The molecule has 0 aliphatic rings. The molecule has 0 spiro atoms. The monoisotopic (exact) mass is 370 g/mol. The van der Waals surface area contributed by atoms with Crippen molar-refractivity contribution in [3.8, 4) is 0 Å². The van der Waals surface area contributed by atoms with Gasteiger partial charge in [0, 0.05) is 10.6 Å². The molecule has 0 aliphatic heterocycles. The van der Waals surface area contributed by atoms with Crippen molar-refractivity contribution < 1.29 is 9.59 Å². The van der Waals surface area contributed by atoms with Crippen LogP contribution in [0.3, 0.4) is 0 Å². The normalized spacial score (nSPS) is 11.4. The minimum Gasteiger partial charge on any atom is -0.333 e. The van der Waals surface area contributed by atoms with Crippen LogP contribution in [0, 0.1) is 0 Å². The highest BCUT2D eigenvalue weighted by Gasteiger charge is 2.17. The van der Waals surface area contributed by atoms with Gasteiger partial charge in [-0.3, -0.25) is 19.5 Å². The zero-order valence-electron chi connectivity index (χ0n) is 13.3. The molecule has 0 saturated heterocycles. The molecule has 2 aromatic rings. The first kappa shape index (κ1) is 18.2.